The lowest BCUT2D eigenvalue weighted by molar-refractivity contribution is 0.213. The van der Waals surface area contributed by atoms with E-state index in [1.54, 1.807) is 0 Å². The minimum absolute atomic E-state index is 0.123. The molecule has 1 aliphatic carbocycles. The van der Waals surface area contributed by atoms with Crippen LogP contribution in [0.15, 0.2) is 0 Å². The molecular weight excluding hydrogens is 152 g/mol. The maximum absolute atomic E-state index is 11.2. The Balaban J connectivity index is 1.84. The second-order valence-electron chi connectivity index (χ2n) is 4.57. The number of amides is 2. The first-order valence-corrected chi connectivity index (χ1v) is 4.62. The van der Waals surface area contributed by atoms with Crippen molar-refractivity contribution in [3.63, 3.8) is 0 Å². The second-order valence-corrected chi connectivity index (χ2v) is 4.57. The van der Waals surface area contributed by atoms with Gasteiger partial charge >= 0.3 is 6.03 Å². The molecule has 1 heterocycles. The smallest absolute Gasteiger partial charge is 0.317 e. The maximum atomic E-state index is 11.2. The van der Waals surface area contributed by atoms with Crippen molar-refractivity contribution in [2.24, 2.45) is 11.3 Å². The molecule has 0 aromatic heterocycles. The maximum Gasteiger partial charge on any atom is 0.317 e. The summed E-state index contributed by atoms with van der Waals surface area (Å²) in [4.78, 5) is 13.1. The van der Waals surface area contributed by atoms with Gasteiger partial charge in [-0.05, 0) is 17.8 Å². The Bertz CT molecular complexity index is 213. The van der Waals surface area contributed by atoms with Crippen molar-refractivity contribution in [1.82, 2.24) is 10.2 Å². The summed E-state index contributed by atoms with van der Waals surface area (Å²) in [5.41, 5.74) is 0.489. The van der Waals surface area contributed by atoms with Gasteiger partial charge in [0.1, 0.15) is 0 Å². The van der Waals surface area contributed by atoms with Crippen molar-refractivity contribution in [3.8, 4) is 0 Å². The average molecular weight is 168 g/mol. The van der Waals surface area contributed by atoms with Crippen LogP contribution in [0, 0.1) is 11.3 Å². The zero-order valence-corrected chi connectivity index (χ0v) is 7.76. The predicted molar refractivity (Wildman–Crippen MR) is 46.9 cm³/mol. The lowest BCUT2D eigenvalue weighted by Crippen LogP contribution is -2.30. The van der Waals surface area contributed by atoms with Crippen LogP contribution in [0.2, 0.25) is 0 Å². The van der Waals surface area contributed by atoms with Crippen LogP contribution in [-0.4, -0.2) is 30.6 Å². The van der Waals surface area contributed by atoms with Crippen LogP contribution in [0.25, 0.3) is 0 Å². The fraction of sp³-hybridized carbons (Fsp3) is 0.889. The highest BCUT2D eigenvalue weighted by molar-refractivity contribution is 5.76. The minimum atomic E-state index is 0.123. The predicted octanol–water partition coefficient (Wildman–Crippen LogP) is 1.06. The normalized spacial score (nSPS) is 32.0. The molecule has 0 bridgehead atoms. The largest absolute Gasteiger partial charge is 0.336 e. The summed E-state index contributed by atoms with van der Waals surface area (Å²) < 4.78 is 0. The molecule has 1 saturated carbocycles. The SMILES string of the molecule is CC1(C)CC1CN1CCNC1=O. The Labute approximate surface area is 73.1 Å². The van der Waals surface area contributed by atoms with E-state index in [9.17, 15) is 4.79 Å². The van der Waals surface area contributed by atoms with E-state index < -0.39 is 0 Å². The summed E-state index contributed by atoms with van der Waals surface area (Å²) >= 11 is 0. The molecule has 68 valence electrons. The lowest BCUT2D eigenvalue weighted by Gasteiger charge is -2.14. The third-order valence-electron chi connectivity index (χ3n) is 3.10. The van der Waals surface area contributed by atoms with Gasteiger partial charge in [0, 0.05) is 19.6 Å². The molecular formula is C9H16N2O. The zero-order chi connectivity index (χ0) is 8.77. The number of hydrogen-bond donors (Lipinski definition) is 1. The number of carbonyl (C=O) groups is 1. The molecule has 0 radical (unpaired) electrons. The summed E-state index contributed by atoms with van der Waals surface area (Å²) in [5, 5.41) is 2.82. The van der Waals surface area contributed by atoms with Gasteiger partial charge in [-0.25, -0.2) is 4.79 Å². The van der Waals surface area contributed by atoms with E-state index >= 15 is 0 Å². The molecule has 1 unspecified atom stereocenters. The molecule has 0 aromatic carbocycles. The zero-order valence-electron chi connectivity index (χ0n) is 7.76. The standard InChI is InChI=1S/C9H16N2O/c1-9(2)5-7(9)6-11-4-3-10-8(11)12/h7H,3-6H2,1-2H3,(H,10,12). The molecule has 0 spiro atoms. The molecule has 0 aromatic rings. The molecule has 3 nitrogen and oxygen atoms in total. The van der Waals surface area contributed by atoms with Gasteiger partial charge in [-0.2, -0.15) is 0 Å². The van der Waals surface area contributed by atoms with Crippen molar-refractivity contribution in [2.45, 2.75) is 20.3 Å². The first-order chi connectivity index (χ1) is 5.59. The van der Waals surface area contributed by atoms with Crippen LogP contribution >= 0.6 is 0 Å². The van der Waals surface area contributed by atoms with Crippen LogP contribution in [-0.2, 0) is 0 Å². The van der Waals surface area contributed by atoms with Crippen molar-refractivity contribution < 1.29 is 4.79 Å². The molecule has 1 atom stereocenters. The molecule has 1 aliphatic heterocycles. The van der Waals surface area contributed by atoms with Gasteiger partial charge < -0.3 is 10.2 Å². The summed E-state index contributed by atoms with van der Waals surface area (Å²) in [6.07, 6.45) is 1.27. The third-order valence-corrected chi connectivity index (χ3v) is 3.10. The minimum Gasteiger partial charge on any atom is -0.336 e. The summed E-state index contributed by atoms with van der Waals surface area (Å²) in [6.45, 7) is 7.22. The number of rotatable bonds is 2. The van der Waals surface area contributed by atoms with Gasteiger partial charge in [0.25, 0.3) is 0 Å². The van der Waals surface area contributed by atoms with E-state index in [-0.39, 0.29) is 6.03 Å². The van der Waals surface area contributed by atoms with Crippen LogP contribution in [0.5, 0.6) is 0 Å². The van der Waals surface area contributed by atoms with Gasteiger partial charge in [-0.1, -0.05) is 13.8 Å². The summed E-state index contributed by atoms with van der Waals surface area (Å²) in [7, 11) is 0. The quantitative estimate of drug-likeness (QED) is 0.657. The van der Waals surface area contributed by atoms with E-state index in [2.05, 4.69) is 19.2 Å². The number of urea groups is 1. The van der Waals surface area contributed by atoms with Crippen molar-refractivity contribution in [1.29, 1.82) is 0 Å². The molecule has 1 saturated heterocycles. The monoisotopic (exact) mass is 168 g/mol. The number of carbonyl (C=O) groups excluding carboxylic acids is 1. The van der Waals surface area contributed by atoms with E-state index in [1.807, 2.05) is 4.90 Å². The van der Waals surface area contributed by atoms with Crippen LogP contribution in [0.3, 0.4) is 0 Å². The molecule has 2 rings (SSSR count). The lowest BCUT2D eigenvalue weighted by atomic mass is 10.1. The van der Waals surface area contributed by atoms with Crippen molar-refractivity contribution in [2.75, 3.05) is 19.6 Å². The van der Waals surface area contributed by atoms with Gasteiger partial charge in [0.2, 0.25) is 0 Å². The fourth-order valence-corrected chi connectivity index (χ4v) is 1.84. The van der Waals surface area contributed by atoms with E-state index in [1.165, 1.54) is 6.42 Å². The van der Waals surface area contributed by atoms with Crippen molar-refractivity contribution >= 4 is 6.03 Å². The molecule has 2 fully saturated rings. The van der Waals surface area contributed by atoms with Crippen LogP contribution in [0.4, 0.5) is 4.79 Å². The van der Waals surface area contributed by atoms with E-state index in [0.717, 1.165) is 25.6 Å². The van der Waals surface area contributed by atoms with Crippen LogP contribution < -0.4 is 5.32 Å². The van der Waals surface area contributed by atoms with E-state index in [0.29, 0.717) is 5.41 Å². The van der Waals surface area contributed by atoms with Crippen LogP contribution in [0.1, 0.15) is 20.3 Å². The first-order valence-electron chi connectivity index (χ1n) is 4.62. The number of hydrogen-bond acceptors (Lipinski definition) is 1. The van der Waals surface area contributed by atoms with Gasteiger partial charge in [-0.15, -0.1) is 0 Å². The molecule has 12 heavy (non-hydrogen) atoms. The molecule has 3 heteroatoms. The topological polar surface area (TPSA) is 32.3 Å². The van der Waals surface area contributed by atoms with Gasteiger partial charge in [-0.3, -0.25) is 0 Å². The third kappa shape index (κ3) is 1.28. The highest BCUT2D eigenvalue weighted by Gasteiger charge is 2.46. The molecule has 2 aliphatic rings. The Morgan fingerprint density at radius 2 is 2.33 bits per heavy atom. The summed E-state index contributed by atoms with van der Waals surface area (Å²) in [5.74, 6) is 0.737. The Kier molecular flexibility index (Phi) is 1.56. The van der Waals surface area contributed by atoms with Crippen molar-refractivity contribution in [3.05, 3.63) is 0 Å². The summed E-state index contributed by atoms with van der Waals surface area (Å²) in [6, 6.07) is 0.123. The molecule has 2 amide bonds. The fourth-order valence-electron chi connectivity index (χ4n) is 1.84. The number of nitrogens with one attached hydrogen (secondary N) is 1. The Morgan fingerprint density at radius 1 is 1.67 bits per heavy atom. The second kappa shape index (κ2) is 2.38. The Morgan fingerprint density at radius 3 is 2.75 bits per heavy atom. The first kappa shape index (κ1) is 7.90. The van der Waals surface area contributed by atoms with Gasteiger partial charge in [0.05, 0.1) is 0 Å². The number of nitrogens with zero attached hydrogens (tertiary/aromatic N) is 1. The molecule has 1 N–H and O–H groups in total. The Hall–Kier alpha value is -0.730. The average Bonchev–Trinajstić information content (AvgIpc) is 2.39. The van der Waals surface area contributed by atoms with Gasteiger partial charge in [0.15, 0.2) is 0 Å². The highest BCUT2D eigenvalue weighted by Crippen LogP contribution is 2.51. The highest BCUT2D eigenvalue weighted by atomic mass is 16.2. The van der Waals surface area contributed by atoms with E-state index in [4.69, 9.17) is 0 Å².